The number of hydrogen-bond acceptors (Lipinski definition) is 3. The third-order valence-electron chi connectivity index (χ3n) is 5.49. The van der Waals surface area contributed by atoms with E-state index in [0.717, 1.165) is 38.5 Å². The van der Waals surface area contributed by atoms with Gasteiger partial charge in [0, 0.05) is 25.7 Å². The smallest absolute Gasteiger partial charge is 0.255 e. The Morgan fingerprint density at radius 2 is 1.81 bits per heavy atom. The number of carbonyl (C=O) groups is 1. The lowest BCUT2D eigenvalue weighted by atomic mass is 9.93. The van der Waals surface area contributed by atoms with E-state index >= 15 is 0 Å². The normalized spacial score (nSPS) is 19.6. The van der Waals surface area contributed by atoms with E-state index in [0.29, 0.717) is 30.2 Å². The third-order valence-corrected chi connectivity index (χ3v) is 7.71. The predicted octanol–water partition coefficient (Wildman–Crippen LogP) is 3.92. The van der Waals surface area contributed by atoms with Gasteiger partial charge >= 0.3 is 0 Å². The maximum Gasteiger partial charge on any atom is 0.255 e. The zero-order valence-electron chi connectivity index (χ0n) is 15.3. The molecule has 0 N–H and O–H groups in total. The Kier molecular flexibility index (Phi) is 6.25. The maximum atomic E-state index is 13.1. The molecule has 144 valence electrons. The van der Waals surface area contributed by atoms with Gasteiger partial charge in [-0.05, 0) is 50.8 Å². The Labute approximate surface area is 161 Å². The van der Waals surface area contributed by atoms with E-state index in [1.165, 1.54) is 28.9 Å². The van der Waals surface area contributed by atoms with E-state index < -0.39 is 10.0 Å². The van der Waals surface area contributed by atoms with Gasteiger partial charge in [0.25, 0.3) is 5.91 Å². The molecule has 1 aromatic rings. The quantitative estimate of drug-likeness (QED) is 0.755. The van der Waals surface area contributed by atoms with E-state index in [1.54, 1.807) is 0 Å². The Balaban J connectivity index is 1.90. The van der Waals surface area contributed by atoms with Crippen molar-refractivity contribution in [2.45, 2.75) is 62.8 Å². The standard InChI is InChI=1S/C19H27ClN2O3S/c1-2-22(15-8-4-3-5-9-15)19(23)17-14-16(10-11-18(17)20)26(24,25)21-12-6-7-13-21/h10-11,14-15H,2-9,12-13H2,1H3. The van der Waals surface area contributed by atoms with Crippen LogP contribution in [0.4, 0.5) is 0 Å². The molecule has 1 aromatic carbocycles. The lowest BCUT2D eigenvalue weighted by molar-refractivity contribution is 0.0648. The summed E-state index contributed by atoms with van der Waals surface area (Å²) in [5.74, 6) is -0.164. The van der Waals surface area contributed by atoms with E-state index in [4.69, 9.17) is 11.6 Å². The molecule has 1 amide bonds. The molecule has 1 aliphatic heterocycles. The Hall–Kier alpha value is -1.11. The predicted molar refractivity (Wildman–Crippen MR) is 103 cm³/mol. The summed E-state index contributed by atoms with van der Waals surface area (Å²) in [5, 5.41) is 0.310. The maximum absolute atomic E-state index is 13.1. The summed E-state index contributed by atoms with van der Waals surface area (Å²) < 4.78 is 27.1. The van der Waals surface area contributed by atoms with Crippen LogP contribution in [0.25, 0.3) is 0 Å². The zero-order valence-corrected chi connectivity index (χ0v) is 16.9. The topological polar surface area (TPSA) is 57.7 Å². The van der Waals surface area contributed by atoms with E-state index in [-0.39, 0.29) is 16.8 Å². The van der Waals surface area contributed by atoms with Gasteiger partial charge in [-0.2, -0.15) is 4.31 Å². The SMILES string of the molecule is CCN(C(=O)c1cc(S(=O)(=O)N2CCCC2)ccc1Cl)C1CCCCC1. The number of sulfonamides is 1. The third kappa shape index (κ3) is 3.92. The molecule has 0 bridgehead atoms. The van der Waals surface area contributed by atoms with Crippen LogP contribution in [-0.4, -0.2) is 49.2 Å². The Morgan fingerprint density at radius 1 is 1.15 bits per heavy atom. The molecule has 0 atom stereocenters. The highest BCUT2D eigenvalue weighted by molar-refractivity contribution is 7.89. The van der Waals surface area contributed by atoms with E-state index in [1.807, 2.05) is 11.8 Å². The number of amides is 1. The first kappa shape index (κ1) is 19.6. The van der Waals surface area contributed by atoms with Crippen LogP contribution in [0.5, 0.6) is 0 Å². The van der Waals surface area contributed by atoms with Crippen LogP contribution in [0, 0.1) is 0 Å². The van der Waals surface area contributed by atoms with Crippen molar-refractivity contribution in [3.05, 3.63) is 28.8 Å². The molecule has 0 spiro atoms. The van der Waals surface area contributed by atoms with Crippen molar-refractivity contribution in [1.82, 2.24) is 9.21 Å². The molecule has 1 heterocycles. The van der Waals surface area contributed by atoms with Crippen molar-refractivity contribution in [2.24, 2.45) is 0 Å². The minimum absolute atomic E-state index is 0.159. The molecular weight excluding hydrogens is 372 g/mol. The van der Waals surface area contributed by atoms with E-state index in [2.05, 4.69) is 0 Å². The van der Waals surface area contributed by atoms with E-state index in [9.17, 15) is 13.2 Å². The van der Waals surface area contributed by atoms with Gasteiger partial charge in [-0.25, -0.2) is 8.42 Å². The first-order valence-corrected chi connectivity index (χ1v) is 11.4. The van der Waals surface area contributed by atoms with Crippen LogP contribution in [0.15, 0.2) is 23.1 Å². The monoisotopic (exact) mass is 398 g/mol. The minimum atomic E-state index is -3.56. The second-order valence-electron chi connectivity index (χ2n) is 7.14. The van der Waals surface area contributed by atoms with Gasteiger partial charge in [0.15, 0.2) is 0 Å². The van der Waals surface area contributed by atoms with Crippen LogP contribution in [0.1, 0.15) is 62.2 Å². The number of benzene rings is 1. The van der Waals surface area contributed by atoms with Crippen LogP contribution in [0.2, 0.25) is 5.02 Å². The Morgan fingerprint density at radius 3 is 2.42 bits per heavy atom. The van der Waals surface area contributed by atoms with Gasteiger partial charge in [-0.1, -0.05) is 30.9 Å². The van der Waals surface area contributed by atoms with Crippen molar-refractivity contribution in [3.8, 4) is 0 Å². The second kappa shape index (κ2) is 8.28. The van der Waals surface area contributed by atoms with Gasteiger partial charge < -0.3 is 4.90 Å². The molecule has 3 rings (SSSR count). The molecule has 1 saturated heterocycles. The van der Waals surface area contributed by atoms with Gasteiger partial charge in [0.05, 0.1) is 15.5 Å². The average Bonchev–Trinajstić information content (AvgIpc) is 3.19. The number of hydrogen-bond donors (Lipinski definition) is 0. The zero-order chi connectivity index (χ0) is 18.7. The lowest BCUT2D eigenvalue weighted by Crippen LogP contribution is -2.41. The highest BCUT2D eigenvalue weighted by atomic mass is 35.5. The minimum Gasteiger partial charge on any atom is -0.336 e. The Bertz CT molecular complexity index is 754. The van der Waals surface area contributed by atoms with Crippen LogP contribution >= 0.6 is 11.6 Å². The number of carbonyl (C=O) groups excluding carboxylic acids is 1. The highest BCUT2D eigenvalue weighted by Crippen LogP contribution is 2.29. The first-order chi connectivity index (χ1) is 12.4. The number of nitrogens with zero attached hydrogens (tertiary/aromatic N) is 2. The molecule has 7 heteroatoms. The summed E-state index contributed by atoms with van der Waals surface area (Å²) >= 11 is 6.28. The largest absolute Gasteiger partial charge is 0.336 e. The van der Waals surface area contributed by atoms with Crippen LogP contribution in [0.3, 0.4) is 0 Å². The fourth-order valence-electron chi connectivity index (χ4n) is 4.02. The number of rotatable bonds is 5. The summed E-state index contributed by atoms with van der Waals surface area (Å²) in [4.78, 5) is 15.1. The average molecular weight is 399 g/mol. The lowest BCUT2D eigenvalue weighted by Gasteiger charge is -2.34. The second-order valence-corrected chi connectivity index (χ2v) is 9.48. The van der Waals surface area contributed by atoms with Crippen LogP contribution in [-0.2, 0) is 10.0 Å². The van der Waals surface area contributed by atoms with Crippen LogP contribution < -0.4 is 0 Å². The fraction of sp³-hybridized carbons (Fsp3) is 0.632. The summed E-state index contributed by atoms with van der Waals surface area (Å²) in [6, 6.07) is 4.72. The van der Waals surface area contributed by atoms with Crippen molar-refractivity contribution < 1.29 is 13.2 Å². The van der Waals surface area contributed by atoms with Gasteiger partial charge in [-0.15, -0.1) is 0 Å². The molecule has 0 radical (unpaired) electrons. The molecule has 26 heavy (non-hydrogen) atoms. The van der Waals surface area contributed by atoms with Gasteiger partial charge in [0.1, 0.15) is 0 Å². The molecule has 1 aliphatic carbocycles. The van der Waals surface area contributed by atoms with Crippen molar-refractivity contribution in [1.29, 1.82) is 0 Å². The number of halogens is 1. The van der Waals surface area contributed by atoms with Crippen molar-refractivity contribution >= 4 is 27.5 Å². The molecule has 2 aliphatic rings. The summed E-state index contributed by atoms with van der Waals surface area (Å²) in [6.45, 7) is 3.64. The molecule has 2 fully saturated rings. The van der Waals surface area contributed by atoms with Gasteiger partial charge in [0.2, 0.25) is 10.0 Å². The first-order valence-electron chi connectivity index (χ1n) is 9.56. The highest BCUT2D eigenvalue weighted by Gasteiger charge is 2.30. The molecule has 5 nitrogen and oxygen atoms in total. The van der Waals surface area contributed by atoms with Crippen molar-refractivity contribution in [3.63, 3.8) is 0 Å². The summed E-state index contributed by atoms with van der Waals surface area (Å²) in [6.07, 6.45) is 7.24. The molecule has 0 aromatic heterocycles. The fourth-order valence-corrected chi connectivity index (χ4v) is 5.76. The van der Waals surface area contributed by atoms with Crippen molar-refractivity contribution in [2.75, 3.05) is 19.6 Å². The summed E-state index contributed by atoms with van der Waals surface area (Å²) in [5.41, 5.74) is 0.291. The molecular formula is C19H27ClN2O3S. The molecule has 1 saturated carbocycles. The molecule has 0 unspecified atom stereocenters. The summed E-state index contributed by atoms with van der Waals surface area (Å²) in [7, 11) is -3.56. The van der Waals surface area contributed by atoms with Gasteiger partial charge in [-0.3, -0.25) is 4.79 Å².